The Bertz CT molecular complexity index is 598. The standard InChI is InChI=1S/C15H16BrCl2NS/c1-3-11(19-4-2)13-8-7-12(20-13)9-5-6-10(16)15(18)14(9)17/h5-8,11,19H,3-4H2,1-2H3. The van der Waals surface area contributed by atoms with Gasteiger partial charge in [-0.15, -0.1) is 11.3 Å². The van der Waals surface area contributed by atoms with Crippen LogP contribution in [-0.2, 0) is 0 Å². The molecule has 0 fully saturated rings. The van der Waals surface area contributed by atoms with Gasteiger partial charge in [0.05, 0.1) is 10.0 Å². The molecule has 1 N–H and O–H groups in total. The molecule has 0 aliphatic rings. The van der Waals surface area contributed by atoms with Crippen LogP contribution in [0.25, 0.3) is 10.4 Å². The molecule has 0 bridgehead atoms. The van der Waals surface area contributed by atoms with Crippen LogP contribution in [0.2, 0.25) is 10.0 Å². The first-order chi connectivity index (χ1) is 9.58. The topological polar surface area (TPSA) is 12.0 Å². The number of hydrogen-bond donors (Lipinski definition) is 1. The Kier molecular flexibility index (Phi) is 5.94. The van der Waals surface area contributed by atoms with Crippen molar-refractivity contribution in [3.63, 3.8) is 0 Å². The lowest BCUT2D eigenvalue weighted by Gasteiger charge is -2.13. The van der Waals surface area contributed by atoms with Crippen molar-refractivity contribution in [2.75, 3.05) is 6.54 Å². The van der Waals surface area contributed by atoms with Gasteiger partial charge in [-0.1, -0.05) is 43.1 Å². The maximum atomic E-state index is 6.35. The fourth-order valence-electron chi connectivity index (χ4n) is 2.09. The molecule has 0 amide bonds. The maximum Gasteiger partial charge on any atom is 0.0740 e. The van der Waals surface area contributed by atoms with E-state index in [0.717, 1.165) is 27.9 Å². The predicted molar refractivity (Wildman–Crippen MR) is 94.2 cm³/mol. The minimum absolute atomic E-state index is 0.406. The van der Waals surface area contributed by atoms with Crippen molar-refractivity contribution in [2.24, 2.45) is 0 Å². The smallest absolute Gasteiger partial charge is 0.0740 e. The van der Waals surface area contributed by atoms with Gasteiger partial charge in [-0.2, -0.15) is 0 Å². The molecule has 2 aromatic rings. The molecule has 0 aliphatic heterocycles. The molecular formula is C15H16BrCl2NS. The summed E-state index contributed by atoms with van der Waals surface area (Å²) in [6, 6.07) is 8.63. The summed E-state index contributed by atoms with van der Waals surface area (Å²) in [5.74, 6) is 0. The molecular weight excluding hydrogens is 377 g/mol. The van der Waals surface area contributed by atoms with Gasteiger partial charge >= 0.3 is 0 Å². The normalized spacial score (nSPS) is 12.7. The van der Waals surface area contributed by atoms with E-state index in [1.54, 1.807) is 11.3 Å². The molecule has 1 aromatic heterocycles. The van der Waals surface area contributed by atoms with E-state index in [2.05, 4.69) is 47.2 Å². The Labute approximate surface area is 142 Å². The van der Waals surface area contributed by atoms with Crippen LogP contribution in [0.5, 0.6) is 0 Å². The van der Waals surface area contributed by atoms with Gasteiger partial charge in [0, 0.05) is 25.8 Å². The van der Waals surface area contributed by atoms with Crippen LogP contribution >= 0.6 is 50.5 Å². The molecule has 0 saturated carbocycles. The summed E-state index contributed by atoms with van der Waals surface area (Å²) in [6.07, 6.45) is 1.07. The fourth-order valence-corrected chi connectivity index (χ4v) is 4.22. The molecule has 1 aromatic carbocycles. The lowest BCUT2D eigenvalue weighted by molar-refractivity contribution is 0.545. The number of thiophene rings is 1. The number of hydrogen-bond acceptors (Lipinski definition) is 2. The number of nitrogens with one attached hydrogen (secondary N) is 1. The van der Waals surface area contributed by atoms with Crippen LogP contribution in [-0.4, -0.2) is 6.54 Å². The van der Waals surface area contributed by atoms with Crippen molar-refractivity contribution in [2.45, 2.75) is 26.3 Å². The van der Waals surface area contributed by atoms with Crippen molar-refractivity contribution in [3.05, 3.63) is 43.7 Å². The maximum absolute atomic E-state index is 6.35. The van der Waals surface area contributed by atoms with Gasteiger partial charge in [-0.05, 0) is 47.1 Å². The van der Waals surface area contributed by atoms with Crippen molar-refractivity contribution in [1.29, 1.82) is 0 Å². The lowest BCUT2D eigenvalue weighted by atomic mass is 10.1. The summed E-state index contributed by atoms with van der Waals surface area (Å²) >= 11 is 17.7. The number of halogens is 3. The molecule has 5 heteroatoms. The third-order valence-corrected chi connectivity index (χ3v) is 6.13. The SMILES string of the molecule is CCNC(CC)c1ccc(-c2ccc(Br)c(Cl)c2Cl)s1. The molecule has 1 nitrogen and oxygen atoms in total. The van der Waals surface area contributed by atoms with E-state index in [1.807, 2.05) is 12.1 Å². The monoisotopic (exact) mass is 391 g/mol. The zero-order valence-electron chi connectivity index (χ0n) is 11.3. The Morgan fingerprint density at radius 2 is 1.90 bits per heavy atom. The highest BCUT2D eigenvalue weighted by molar-refractivity contribution is 9.10. The molecule has 0 radical (unpaired) electrons. The quantitative estimate of drug-likeness (QED) is 0.569. The second kappa shape index (κ2) is 7.28. The van der Waals surface area contributed by atoms with E-state index in [0.29, 0.717) is 16.1 Å². The highest BCUT2D eigenvalue weighted by Crippen LogP contribution is 2.41. The molecule has 20 heavy (non-hydrogen) atoms. The first-order valence-electron chi connectivity index (χ1n) is 6.55. The predicted octanol–water partition coefficient (Wildman–Crippen LogP) is 6.55. The van der Waals surface area contributed by atoms with E-state index in [9.17, 15) is 0 Å². The van der Waals surface area contributed by atoms with E-state index in [1.165, 1.54) is 4.88 Å². The summed E-state index contributed by atoms with van der Waals surface area (Å²) in [5, 5.41) is 4.66. The van der Waals surface area contributed by atoms with Gasteiger partial charge in [-0.3, -0.25) is 0 Å². The molecule has 0 saturated heterocycles. The van der Waals surface area contributed by atoms with Gasteiger partial charge in [-0.25, -0.2) is 0 Å². The van der Waals surface area contributed by atoms with Crippen molar-refractivity contribution in [1.82, 2.24) is 5.32 Å². The summed E-state index contributed by atoms with van der Waals surface area (Å²) in [4.78, 5) is 2.48. The minimum atomic E-state index is 0.406. The van der Waals surface area contributed by atoms with Crippen molar-refractivity contribution < 1.29 is 0 Å². The largest absolute Gasteiger partial charge is 0.310 e. The summed E-state index contributed by atoms with van der Waals surface area (Å²) in [7, 11) is 0. The van der Waals surface area contributed by atoms with Gasteiger partial charge in [0.15, 0.2) is 0 Å². The van der Waals surface area contributed by atoms with Crippen molar-refractivity contribution >= 4 is 50.5 Å². The van der Waals surface area contributed by atoms with Crippen LogP contribution in [0.1, 0.15) is 31.2 Å². The second-order valence-electron chi connectivity index (χ2n) is 4.44. The summed E-state index contributed by atoms with van der Waals surface area (Å²) in [6.45, 7) is 5.29. The summed E-state index contributed by atoms with van der Waals surface area (Å²) in [5.41, 5.74) is 0.988. The Balaban J connectivity index is 2.36. The minimum Gasteiger partial charge on any atom is -0.310 e. The Morgan fingerprint density at radius 1 is 1.15 bits per heavy atom. The average molecular weight is 393 g/mol. The molecule has 2 rings (SSSR count). The molecule has 1 atom stereocenters. The van der Waals surface area contributed by atoms with E-state index in [4.69, 9.17) is 23.2 Å². The van der Waals surface area contributed by atoms with Gasteiger partial charge in [0.2, 0.25) is 0 Å². The first kappa shape index (κ1) is 16.3. The summed E-state index contributed by atoms with van der Waals surface area (Å²) < 4.78 is 0.823. The van der Waals surface area contributed by atoms with Crippen LogP contribution in [0.4, 0.5) is 0 Å². The molecule has 0 aliphatic carbocycles. The van der Waals surface area contributed by atoms with E-state index >= 15 is 0 Å². The van der Waals surface area contributed by atoms with Gasteiger partial charge in [0.25, 0.3) is 0 Å². The Morgan fingerprint density at radius 3 is 2.55 bits per heavy atom. The molecule has 0 spiro atoms. The third kappa shape index (κ3) is 3.40. The first-order valence-corrected chi connectivity index (χ1v) is 8.92. The fraction of sp³-hybridized carbons (Fsp3) is 0.333. The van der Waals surface area contributed by atoms with Crippen LogP contribution < -0.4 is 5.32 Å². The van der Waals surface area contributed by atoms with Crippen LogP contribution in [0.15, 0.2) is 28.7 Å². The second-order valence-corrected chi connectivity index (χ2v) is 7.17. The van der Waals surface area contributed by atoms with E-state index in [-0.39, 0.29) is 0 Å². The lowest BCUT2D eigenvalue weighted by Crippen LogP contribution is -2.18. The number of benzene rings is 1. The zero-order chi connectivity index (χ0) is 14.7. The highest BCUT2D eigenvalue weighted by Gasteiger charge is 2.15. The zero-order valence-corrected chi connectivity index (χ0v) is 15.3. The third-order valence-electron chi connectivity index (χ3n) is 3.13. The number of rotatable bonds is 5. The van der Waals surface area contributed by atoms with Gasteiger partial charge in [0.1, 0.15) is 0 Å². The Hall–Kier alpha value is -0.0600. The van der Waals surface area contributed by atoms with Crippen LogP contribution in [0, 0.1) is 0 Å². The van der Waals surface area contributed by atoms with Crippen LogP contribution in [0.3, 0.4) is 0 Å². The highest BCUT2D eigenvalue weighted by atomic mass is 79.9. The molecule has 108 valence electrons. The molecule has 1 heterocycles. The average Bonchev–Trinajstić information content (AvgIpc) is 2.91. The van der Waals surface area contributed by atoms with E-state index < -0.39 is 0 Å². The van der Waals surface area contributed by atoms with Crippen molar-refractivity contribution in [3.8, 4) is 10.4 Å². The van der Waals surface area contributed by atoms with Gasteiger partial charge < -0.3 is 5.32 Å². The molecule has 1 unspecified atom stereocenters.